The van der Waals surface area contributed by atoms with Crippen molar-refractivity contribution in [2.75, 3.05) is 13.1 Å². The number of aryl methyl sites for hydroxylation is 1. The first kappa shape index (κ1) is 14.6. The highest BCUT2D eigenvalue weighted by Gasteiger charge is 2.05. The second kappa shape index (κ2) is 7.77. The van der Waals surface area contributed by atoms with Crippen LogP contribution in [-0.4, -0.2) is 23.3 Å². The first-order chi connectivity index (χ1) is 8.08. The molecule has 0 bridgehead atoms. The van der Waals surface area contributed by atoms with Crippen LogP contribution in [0.2, 0.25) is 0 Å². The van der Waals surface area contributed by atoms with Crippen LogP contribution in [-0.2, 0) is 12.8 Å². The quantitative estimate of drug-likeness (QED) is 0.726. The first-order valence-electron chi connectivity index (χ1n) is 6.60. The molecule has 1 aromatic rings. The summed E-state index contributed by atoms with van der Waals surface area (Å²) in [7, 11) is 0. The molecule has 0 aromatic carbocycles. The van der Waals surface area contributed by atoms with Gasteiger partial charge in [-0.3, -0.25) is 0 Å². The normalized spacial score (nSPS) is 11.6. The van der Waals surface area contributed by atoms with Gasteiger partial charge in [0.2, 0.25) is 0 Å². The monoisotopic (exact) mass is 255 g/mol. The van der Waals surface area contributed by atoms with Crippen molar-refractivity contribution in [1.29, 1.82) is 0 Å². The van der Waals surface area contributed by atoms with Crippen molar-refractivity contribution >= 4 is 11.3 Å². The van der Waals surface area contributed by atoms with Crippen molar-refractivity contribution in [3.05, 3.63) is 10.0 Å². The molecule has 0 amide bonds. The number of nitrogens with one attached hydrogen (secondary N) is 1. The van der Waals surface area contributed by atoms with Crippen LogP contribution in [0.5, 0.6) is 0 Å². The average Bonchev–Trinajstić information content (AvgIpc) is 2.63. The number of nitrogens with zero attached hydrogens (tertiary/aromatic N) is 2. The minimum atomic E-state index is 0.670. The van der Waals surface area contributed by atoms with Crippen LogP contribution in [0.4, 0.5) is 0 Å². The molecule has 0 atom stereocenters. The van der Waals surface area contributed by atoms with E-state index in [1.54, 1.807) is 11.3 Å². The van der Waals surface area contributed by atoms with Crippen LogP contribution >= 0.6 is 11.3 Å². The van der Waals surface area contributed by atoms with E-state index < -0.39 is 0 Å². The van der Waals surface area contributed by atoms with Gasteiger partial charge in [0.15, 0.2) is 0 Å². The number of aromatic nitrogens is 2. The summed E-state index contributed by atoms with van der Waals surface area (Å²) in [5.41, 5.74) is 0. The Bertz CT molecular complexity index is 307. The molecule has 1 heterocycles. The summed E-state index contributed by atoms with van der Waals surface area (Å²) in [4.78, 5) is 0. The molecule has 3 nitrogen and oxygen atoms in total. The average molecular weight is 255 g/mol. The molecule has 0 saturated carbocycles. The Labute approximate surface area is 109 Å². The summed E-state index contributed by atoms with van der Waals surface area (Å²) in [6, 6.07) is 0. The van der Waals surface area contributed by atoms with Crippen molar-refractivity contribution in [3.8, 4) is 0 Å². The maximum atomic E-state index is 4.24. The number of rotatable bonds is 8. The van der Waals surface area contributed by atoms with E-state index in [0.29, 0.717) is 5.92 Å². The van der Waals surface area contributed by atoms with Gasteiger partial charge < -0.3 is 5.32 Å². The third kappa shape index (κ3) is 6.74. The number of hydrogen-bond donors (Lipinski definition) is 1. The highest BCUT2D eigenvalue weighted by molar-refractivity contribution is 7.11. The molecule has 98 valence electrons. The van der Waals surface area contributed by atoms with Crippen LogP contribution in [0, 0.1) is 11.8 Å². The van der Waals surface area contributed by atoms with Crippen LogP contribution in [0.25, 0.3) is 0 Å². The second-order valence-electron chi connectivity index (χ2n) is 5.39. The number of hydrogen-bond acceptors (Lipinski definition) is 4. The zero-order valence-corrected chi connectivity index (χ0v) is 12.3. The van der Waals surface area contributed by atoms with Crippen LogP contribution in [0.15, 0.2) is 0 Å². The van der Waals surface area contributed by atoms with Gasteiger partial charge in [-0.25, -0.2) is 0 Å². The van der Waals surface area contributed by atoms with Gasteiger partial charge in [-0.1, -0.05) is 27.7 Å². The summed E-state index contributed by atoms with van der Waals surface area (Å²) >= 11 is 1.78. The lowest BCUT2D eigenvalue weighted by atomic mass is 10.1. The minimum Gasteiger partial charge on any atom is -0.316 e. The van der Waals surface area contributed by atoms with Gasteiger partial charge in [-0.15, -0.1) is 21.5 Å². The Hall–Kier alpha value is -0.480. The molecule has 0 saturated heterocycles. The van der Waals surface area contributed by atoms with Crippen LogP contribution in [0.1, 0.15) is 44.1 Å². The van der Waals surface area contributed by atoms with E-state index in [9.17, 15) is 0 Å². The Morgan fingerprint density at radius 1 is 1.06 bits per heavy atom. The molecule has 0 radical (unpaired) electrons. The Balaban J connectivity index is 2.16. The highest BCUT2D eigenvalue weighted by atomic mass is 32.1. The van der Waals surface area contributed by atoms with Gasteiger partial charge in [-0.2, -0.15) is 0 Å². The van der Waals surface area contributed by atoms with Crippen molar-refractivity contribution < 1.29 is 0 Å². The highest BCUT2D eigenvalue weighted by Crippen LogP contribution is 2.15. The van der Waals surface area contributed by atoms with Gasteiger partial charge >= 0.3 is 0 Å². The molecule has 0 spiro atoms. The minimum absolute atomic E-state index is 0.670. The lowest BCUT2D eigenvalue weighted by Crippen LogP contribution is -2.21. The lowest BCUT2D eigenvalue weighted by Gasteiger charge is -2.05. The summed E-state index contributed by atoms with van der Waals surface area (Å²) in [6.45, 7) is 11.1. The standard InChI is InChI=1S/C13H25N3S/c1-10(2)8-13-16-15-12(17-13)6-5-7-14-9-11(3)4/h10-11,14H,5-9H2,1-4H3. The topological polar surface area (TPSA) is 37.8 Å². The van der Waals surface area contributed by atoms with E-state index in [-0.39, 0.29) is 0 Å². The summed E-state index contributed by atoms with van der Waals surface area (Å²) in [6.07, 6.45) is 3.27. The third-order valence-corrected chi connectivity index (χ3v) is 3.39. The van der Waals surface area contributed by atoms with Gasteiger partial charge in [-0.05, 0) is 31.3 Å². The Morgan fingerprint density at radius 3 is 2.41 bits per heavy atom. The Morgan fingerprint density at radius 2 is 1.76 bits per heavy atom. The molecule has 0 fully saturated rings. The largest absolute Gasteiger partial charge is 0.316 e. The zero-order chi connectivity index (χ0) is 12.7. The molecule has 1 aromatic heterocycles. The lowest BCUT2D eigenvalue weighted by molar-refractivity contribution is 0.542. The smallest absolute Gasteiger partial charge is 0.117 e. The van der Waals surface area contributed by atoms with E-state index >= 15 is 0 Å². The fourth-order valence-corrected chi connectivity index (χ4v) is 2.67. The molecule has 0 aliphatic rings. The van der Waals surface area contributed by atoms with E-state index in [4.69, 9.17) is 0 Å². The zero-order valence-electron chi connectivity index (χ0n) is 11.5. The molecule has 17 heavy (non-hydrogen) atoms. The van der Waals surface area contributed by atoms with Crippen molar-refractivity contribution in [2.24, 2.45) is 11.8 Å². The molecule has 1 rings (SSSR count). The maximum absolute atomic E-state index is 4.24. The molecular weight excluding hydrogens is 230 g/mol. The molecular formula is C13H25N3S. The molecule has 0 aliphatic heterocycles. The summed E-state index contributed by atoms with van der Waals surface area (Å²) < 4.78 is 0. The van der Waals surface area contributed by atoms with Crippen molar-refractivity contribution in [2.45, 2.75) is 47.0 Å². The van der Waals surface area contributed by atoms with Crippen molar-refractivity contribution in [1.82, 2.24) is 15.5 Å². The fraction of sp³-hybridized carbons (Fsp3) is 0.846. The SMILES string of the molecule is CC(C)CNCCCc1nnc(CC(C)C)s1. The van der Waals surface area contributed by atoms with Gasteiger partial charge in [0, 0.05) is 12.8 Å². The fourth-order valence-electron chi connectivity index (χ4n) is 1.58. The molecule has 0 unspecified atom stereocenters. The molecule has 1 N–H and O–H groups in total. The maximum Gasteiger partial charge on any atom is 0.117 e. The van der Waals surface area contributed by atoms with Crippen LogP contribution in [0.3, 0.4) is 0 Å². The summed E-state index contributed by atoms with van der Waals surface area (Å²) in [5.74, 6) is 1.40. The van der Waals surface area contributed by atoms with Gasteiger partial charge in [0.1, 0.15) is 10.0 Å². The van der Waals surface area contributed by atoms with Gasteiger partial charge in [0.25, 0.3) is 0 Å². The second-order valence-corrected chi connectivity index (χ2v) is 6.54. The molecule has 4 heteroatoms. The van der Waals surface area contributed by atoms with E-state index in [2.05, 4.69) is 43.2 Å². The van der Waals surface area contributed by atoms with E-state index in [1.165, 1.54) is 10.0 Å². The first-order valence-corrected chi connectivity index (χ1v) is 7.41. The predicted octanol–water partition coefficient (Wildman–Crippen LogP) is 2.91. The molecule has 0 aliphatic carbocycles. The van der Waals surface area contributed by atoms with E-state index in [0.717, 1.165) is 38.3 Å². The summed E-state index contributed by atoms with van der Waals surface area (Å²) in [5, 5.41) is 14.3. The van der Waals surface area contributed by atoms with E-state index in [1.807, 2.05) is 0 Å². The van der Waals surface area contributed by atoms with Crippen molar-refractivity contribution in [3.63, 3.8) is 0 Å². The third-order valence-electron chi connectivity index (χ3n) is 2.39. The van der Waals surface area contributed by atoms with Gasteiger partial charge in [0.05, 0.1) is 0 Å². The Kier molecular flexibility index (Phi) is 6.66. The van der Waals surface area contributed by atoms with Crippen LogP contribution < -0.4 is 5.32 Å². The predicted molar refractivity (Wildman–Crippen MR) is 74.5 cm³/mol.